The minimum Gasteiger partial charge on any atom is -0.450 e. The van der Waals surface area contributed by atoms with E-state index in [-0.39, 0.29) is 16.3 Å². The first kappa shape index (κ1) is 18.3. The topological polar surface area (TPSA) is 89.8 Å². The van der Waals surface area contributed by atoms with Gasteiger partial charge in [-0.05, 0) is 43.0 Å². The lowest BCUT2D eigenvalue weighted by Gasteiger charge is -2.29. The Morgan fingerprint density at radius 3 is 2.38 bits per heavy atom. The summed E-state index contributed by atoms with van der Waals surface area (Å²) in [6.45, 7) is 2.95. The van der Waals surface area contributed by atoms with Gasteiger partial charge in [-0.1, -0.05) is 25.1 Å². The third kappa shape index (κ3) is 3.86. The van der Waals surface area contributed by atoms with Gasteiger partial charge in [-0.25, -0.2) is 8.42 Å². The molecule has 0 atom stereocenters. The van der Waals surface area contributed by atoms with Gasteiger partial charge in [0.25, 0.3) is 0 Å². The van der Waals surface area contributed by atoms with E-state index in [4.69, 9.17) is 4.74 Å². The molecular weight excluding hydrogens is 356 g/mol. The summed E-state index contributed by atoms with van der Waals surface area (Å²) in [4.78, 5) is 10.7. The average molecular weight is 376 g/mol. The molecule has 0 aromatic heterocycles. The second-order valence-electron chi connectivity index (χ2n) is 6.39. The van der Waals surface area contributed by atoms with Crippen LogP contribution in [-0.4, -0.2) is 30.7 Å². The Morgan fingerprint density at radius 2 is 1.77 bits per heavy atom. The zero-order valence-electron chi connectivity index (χ0n) is 14.4. The largest absolute Gasteiger partial charge is 0.450 e. The Morgan fingerprint density at radius 1 is 1.12 bits per heavy atom. The molecule has 0 spiro atoms. The van der Waals surface area contributed by atoms with E-state index in [0.717, 1.165) is 18.9 Å². The van der Waals surface area contributed by atoms with Crippen molar-refractivity contribution < 1.29 is 18.1 Å². The van der Waals surface area contributed by atoms with Gasteiger partial charge in [0.05, 0.1) is 9.82 Å². The van der Waals surface area contributed by atoms with E-state index in [1.54, 1.807) is 30.3 Å². The molecular formula is C18H20N2O5S. The number of hydrogen-bond acceptors (Lipinski definition) is 5. The number of rotatable bonds is 5. The molecule has 0 N–H and O–H groups in total. The summed E-state index contributed by atoms with van der Waals surface area (Å²) in [6.07, 6.45) is 1.58. The molecule has 8 heteroatoms. The van der Waals surface area contributed by atoms with Crippen LogP contribution in [0.4, 0.5) is 5.69 Å². The molecule has 3 rings (SSSR count). The highest BCUT2D eigenvalue weighted by atomic mass is 32.2. The minimum absolute atomic E-state index is 0.00687. The quantitative estimate of drug-likeness (QED) is 0.585. The van der Waals surface area contributed by atoms with Gasteiger partial charge >= 0.3 is 5.69 Å². The van der Waals surface area contributed by atoms with E-state index in [9.17, 15) is 18.5 Å². The van der Waals surface area contributed by atoms with Crippen LogP contribution in [0.25, 0.3) is 0 Å². The number of benzene rings is 2. The SMILES string of the molecule is CC1CCN(S(=O)(=O)c2ccc(Oc3ccccc3)c([N+](=O)[O-])c2)CC1. The maximum absolute atomic E-state index is 12.8. The first-order valence-corrected chi connectivity index (χ1v) is 9.83. The van der Waals surface area contributed by atoms with Crippen molar-refractivity contribution in [3.05, 3.63) is 58.6 Å². The van der Waals surface area contributed by atoms with Crippen molar-refractivity contribution in [1.29, 1.82) is 0 Å². The molecule has 2 aromatic rings. The van der Waals surface area contributed by atoms with Gasteiger partial charge in [0.1, 0.15) is 5.75 Å². The van der Waals surface area contributed by atoms with Gasteiger partial charge in [0.15, 0.2) is 0 Å². The van der Waals surface area contributed by atoms with Crippen LogP contribution in [-0.2, 0) is 10.0 Å². The fourth-order valence-corrected chi connectivity index (χ4v) is 4.37. The van der Waals surface area contributed by atoms with Gasteiger partial charge in [0, 0.05) is 19.2 Å². The van der Waals surface area contributed by atoms with Gasteiger partial charge < -0.3 is 4.74 Å². The van der Waals surface area contributed by atoms with Crippen molar-refractivity contribution in [2.24, 2.45) is 5.92 Å². The van der Waals surface area contributed by atoms with Crippen LogP contribution >= 0.6 is 0 Å². The molecule has 0 bridgehead atoms. The van der Waals surface area contributed by atoms with E-state index >= 15 is 0 Å². The lowest BCUT2D eigenvalue weighted by Crippen LogP contribution is -2.37. The first-order valence-electron chi connectivity index (χ1n) is 8.39. The van der Waals surface area contributed by atoms with Crippen LogP contribution in [0.1, 0.15) is 19.8 Å². The molecule has 1 saturated heterocycles. The van der Waals surface area contributed by atoms with Gasteiger partial charge in [-0.15, -0.1) is 0 Å². The third-order valence-electron chi connectivity index (χ3n) is 4.48. The summed E-state index contributed by atoms with van der Waals surface area (Å²) in [5, 5.41) is 11.4. The third-order valence-corrected chi connectivity index (χ3v) is 6.37. The standard InChI is InChI=1S/C18H20N2O5S/c1-14-9-11-19(12-10-14)26(23,24)16-7-8-18(17(13-16)20(21)22)25-15-5-3-2-4-6-15/h2-8,13-14H,9-12H2,1H3. The van der Waals surface area contributed by atoms with E-state index in [1.165, 1.54) is 16.4 Å². The lowest BCUT2D eigenvalue weighted by molar-refractivity contribution is -0.385. The second-order valence-corrected chi connectivity index (χ2v) is 8.33. The fraction of sp³-hybridized carbons (Fsp3) is 0.333. The predicted molar refractivity (Wildman–Crippen MR) is 96.8 cm³/mol. The number of nitro groups is 1. The molecule has 1 aliphatic heterocycles. The van der Waals surface area contributed by atoms with E-state index in [1.807, 2.05) is 0 Å². The lowest BCUT2D eigenvalue weighted by atomic mass is 10.0. The maximum atomic E-state index is 12.8. The maximum Gasteiger partial charge on any atom is 0.312 e. The molecule has 0 unspecified atom stereocenters. The number of nitro benzene ring substituents is 1. The molecule has 1 fully saturated rings. The van der Waals surface area contributed by atoms with E-state index < -0.39 is 14.9 Å². The van der Waals surface area contributed by atoms with Gasteiger partial charge in [0.2, 0.25) is 15.8 Å². The zero-order valence-corrected chi connectivity index (χ0v) is 15.2. The van der Waals surface area contributed by atoms with Crippen LogP contribution < -0.4 is 4.74 Å². The Labute approximate surface area is 152 Å². The Kier molecular flexibility index (Phi) is 5.24. The summed E-state index contributed by atoms with van der Waals surface area (Å²) < 4.78 is 32.5. The fourth-order valence-electron chi connectivity index (χ4n) is 2.88. The highest BCUT2D eigenvalue weighted by Gasteiger charge is 2.30. The minimum atomic E-state index is -3.76. The van der Waals surface area contributed by atoms with Crippen molar-refractivity contribution >= 4 is 15.7 Å². The number of sulfonamides is 1. The highest BCUT2D eigenvalue weighted by molar-refractivity contribution is 7.89. The van der Waals surface area contributed by atoms with Crippen LogP contribution in [0.15, 0.2) is 53.4 Å². The predicted octanol–water partition coefficient (Wildman–Crippen LogP) is 3.81. The Hall–Kier alpha value is -2.45. The highest BCUT2D eigenvalue weighted by Crippen LogP contribution is 2.34. The molecule has 7 nitrogen and oxygen atoms in total. The Balaban J connectivity index is 1.92. The van der Waals surface area contributed by atoms with Crippen LogP contribution in [0.3, 0.4) is 0 Å². The summed E-state index contributed by atoms with van der Waals surface area (Å²) in [5.41, 5.74) is -0.375. The number of hydrogen-bond donors (Lipinski definition) is 0. The van der Waals surface area contributed by atoms with E-state index in [2.05, 4.69) is 6.92 Å². The van der Waals surface area contributed by atoms with Crippen LogP contribution in [0.2, 0.25) is 0 Å². The van der Waals surface area contributed by atoms with Gasteiger partial charge in [-0.3, -0.25) is 10.1 Å². The van der Waals surface area contributed by atoms with Gasteiger partial charge in [-0.2, -0.15) is 4.31 Å². The Bertz CT molecular complexity index is 891. The van der Waals surface area contributed by atoms with Crippen molar-refractivity contribution in [2.45, 2.75) is 24.7 Å². The molecule has 26 heavy (non-hydrogen) atoms. The smallest absolute Gasteiger partial charge is 0.312 e. The summed E-state index contributed by atoms with van der Waals surface area (Å²) in [7, 11) is -3.76. The molecule has 0 amide bonds. The number of piperidine rings is 1. The molecule has 1 aliphatic rings. The molecule has 0 radical (unpaired) electrons. The number of nitrogens with zero attached hydrogens (tertiary/aromatic N) is 2. The summed E-state index contributed by atoms with van der Waals surface area (Å²) in [5.74, 6) is 0.932. The average Bonchev–Trinajstić information content (AvgIpc) is 2.63. The first-order chi connectivity index (χ1) is 12.4. The monoisotopic (exact) mass is 376 g/mol. The van der Waals surface area contributed by atoms with Crippen molar-refractivity contribution in [3.8, 4) is 11.5 Å². The number of ether oxygens (including phenoxy) is 1. The molecule has 1 heterocycles. The van der Waals surface area contributed by atoms with Crippen molar-refractivity contribution in [1.82, 2.24) is 4.31 Å². The second kappa shape index (κ2) is 7.43. The number of para-hydroxylation sites is 1. The molecule has 0 saturated carbocycles. The van der Waals surface area contributed by atoms with Crippen molar-refractivity contribution in [3.63, 3.8) is 0 Å². The normalized spacial score (nSPS) is 16.3. The molecule has 0 aliphatic carbocycles. The summed E-state index contributed by atoms with van der Waals surface area (Å²) in [6, 6.07) is 12.4. The van der Waals surface area contributed by atoms with Crippen LogP contribution in [0, 0.1) is 16.0 Å². The van der Waals surface area contributed by atoms with E-state index in [0.29, 0.717) is 24.8 Å². The van der Waals surface area contributed by atoms with Crippen LogP contribution in [0.5, 0.6) is 11.5 Å². The zero-order chi connectivity index (χ0) is 18.7. The molecule has 138 valence electrons. The van der Waals surface area contributed by atoms with Crippen molar-refractivity contribution in [2.75, 3.05) is 13.1 Å². The summed E-state index contributed by atoms with van der Waals surface area (Å²) >= 11 is 0. The molecule has 2 aromatic carbocycles.